The quantitative estimate of drug-likeness (QED) is 0.468. The van der Waals surface area contributed by atoms with Gasteiger partial charge in [-0.05, 0) is 0 Å². The predicted octanol–water partition coefficient (Wildman–Crippen LogP) is 2.91. The minimum Gasteiger partial charge on any atom is -0.474 e. The fraction of sp³-hybridized carbons (Fsp3) is 0.111. The lowest BCUT2D eigenvalue weighted by molar-refractivity contribution is -0.385. The van der Waals surface area contributed by atoms with Gasteiger partial charge in [0.25, 0.3) is 0 Å². The van der Waals surface area contributed by atoms with Crippen LogP contribution in [-0.2, 0) is 0 Å². The van der Waals surface area contributed by atoms with Gasteiger partial charge in [-0.15, -0.1) is 6.42 Å². The molecule has 0 heterocycles. The standard InChI is InChI=1S/C9H5Cl2NO3/c1-2-3-15-9-5-7(11)6(10)4-8(9)12(13)14/h1,4-5H,3H2. The van der Waals surface area contributed by atoms with E-state index in [2.05, 4.69) is 5.92 Å². The zero-order valence-electron chi connectivity index (χ0n) is 7.37. The average molecular weight is 246 g/mol. The zero-order chi connectivity index (χ0) is 11.4. The van der Waals surface area contributed by atoms with E-state index in [1.165, 1.54) is 6.07 Å². The summed E-state index contributed by atoms with van der Waals surface area (Å²) in [6, 6.07) is 2.38. The molecule has 15 heavy (non-hydrogen) atoms. The van der Waals surface area contributed by atoms with Gasteiger partial charge < -0.3 is 4.74 Å². The van der Waals surface area contributed by atoms with Crippen LogP contribution in [0.1, 0.15) is 0 Å². The summed E-state index contributed by atoms with van der Waals surface area (Å²) in [6.45, 7) is -0.0706. The van der Waals surface area contributed by atoms with E-state index in [4.69, 9.17) is 34.4 Å². The molecular weight excluding hydrogens is 241 g/mol. The van der Waals surface area contributed by atoms with E-state index in [1.807, 2.05) is 0 Å². The fourth-order valence-corrected chi connectivity index (χ4v) is 1.21. The van der Waals surface area contributed by atoms with Crippen molar-refractivity contribution in [3.8, 4) is 18.1 Å². The first-order valence-corrected chi connectivity index (χ1v) is 4.51. The largest absolute Gasteiger partial charge is 0.474 e. The molecule has 0 aromatic heterocycles. The summed E-state index contributed by atoms with van der Waals surface area (Å²) < 4.78 is 4.96. The monoisotopic (exact) mass is 245 g/mol. The Kier molecular flexibility index (Phi) is 3.78. The number of rotatable bonds is 3. The fourth-order valence-electron chi connectivity index (χ4n) is 0.896. The predicted molar refractivity (Wildman–Crippen MR) is 57.4 cm³/mol. The highest BCUT2D eigenvalue weighted by molar-refractivity contribution is 6.42. The minimum absolute atomic E-state index is 0.00681. The summed E-state index contributed by atoms with van der Waals surface area (Å²) in [4.78, 5) is 10.0. The number of nitro groups is 1. The smallest absolute Gasteiger partial charge is 0.312 e. The van der Waals surface area contributed by atoms with Gasteiger partial charge in [-0.2, -0.15) is 0 Å². The van der Waals surface area contributed by atoms with Gasteiger partial charge in [-0.25, -0.2) is 0 Å². The lowest BCUT2D eigenvalue weighted by atomic mass is 10.3. The molecule has 1 aromatic rings. The Balaban J connectivity index is 3.17. The third kappa shape index (κ3) is 2.75. The van der Waals surface area contributed by atoms with Crippen LogP contribution in [0.25, 0.3) is 0 Å². The number of ether oxygens (including phenoxy) is 1. The first-order chi connectivity index (χ1) is 7.06. The molecule has 0 unspecified atom stereocenters. The van der Waals surface area contributed by atoms with Gasteiger partial charge in [0.2, 0.25) is 0 Å². The number of terminal acetylenes is 1. The molecule has 0 atom stereocenters. The second kappa shape index (κ2) is 4.87. The van der Waals surface area contributed by atoms with Crippen molar-refractivity contribution in [1.82, 2.24) is 0 Å². The van der Waals surface area contributed by atoms with Crippen molar-refractivity contribution in [1.29, 1.82) is 0 Å². The number of halogens is 2. The van der Waals surface area contributed by atoms with E-state index in [-0.39, 0.29) is 28.1 Å². The van der Waals surface area contributed by atoms with Crippen LogP contribution in [0, 0.1) is 22.5 Å². The summed E-state index contributed by atoms with van der Waals surface area (Å²) in [6.07, 6.45) is 4.97. The molecule has 0 radical (unpaired) electrons. The van der Waals surface area contributed by atoms with E-state index in [9.17, 15) is 10.1 Å². The second-order valence-corrected chi connectivity index (χ2v) is 3.30. The third-order valence-electron chi connectivity index (χ3n) is 1.51. The van der Waals surface area contributed by atoms with E-state index in [0.29, 0.717) is 0 Å². The number of nitrogens with zero attached hydrogens (tertiary/aromatic N) is 1. The molecule has 0 aliphatic rings. The molecule has 0 aliphatic carbocycles. The summed E-state index contributed by atoms with van der Waals surface area (Å²) in [7, 11) is 0. The Bertz CT molecular complexity index is 440. The van der Waals surface area contributed by atoms with Crippen molar-refractivity contribution in [2.24, 2.45) is 0 Å². The molecule has 0 aliphatic heterocycles. The average Bonchev–Trinajstić information content (AvgIpc) is 2.19. The number of hydrogen-bond donors (Lipinski definition) is 0. The molecule has 0 saturated carbocycles. The summed E-state index contributed by atoms with van der Waals surface area (Å²) in [5.41, 5.74) is -0.264. The van der Waals surface area contributed by atoms with Gasteiger partial charge >= 0.3 is 5.69 Å². The van der Waals surface area contributed by atoms with Gasteiger partial charge in [0, 0.05) is 12.1 Å². The van der Waals surface area contributed by atoms with E-state index < -0.39 is 4.92 Å². The van der Waals surface area contributed by atoms with Crippen molar-refractivity contribution < 1.29 is 9.66 Å². The van der Waals surface area contributed by atoms with E-state index in [1.54, 1.807) is 0 Å². The second-order valence-electron chi connectivity index (χ2n) is 2.48. The lowest BCUT2D eigenvalue weighted by Crippen LogP contribution is -1.98. The lowest BCUT2D eigenvalue weighted by Gasteiger charge is -2.04. The van der Waals surface area contributed by atoms with Crippen LogP contribution in [-0.4, -0.2) is 11.5 Å². The molecular formula is C9H5Cl2NO3. The van der Waals surface area contributed by atoms with Crippen LogP contribution in [0.5, 0.6) is 5.75 Å². The Morgan fingerprint density at radius 3 is 2.60 bits per heavy atom. The first kappa shape index (κ1) is 11.6. The van der Waals surface area contributed by atoms with Crippen molar-refractivity contribution in [2.75, 3.05) is 6.61 Å². The van der Waals surface area contributed by atoms with Crippen LogP contribution >= 0.6 is 23.2 Å². The molecule has 78 valence electrons. The van der Waals surface area contributed by atoms with Gasteiger partial charge in [0.05, 0.1) is 15.0 Å². The molecule has 0 spiro atoms. The Labute approximate surface area is 95.9 Å². The van der Waals surface area contributed by atoms with Gasteiger partial charge in [0.15, 0.2) is 5.75 Å². The van der Waals surface area contributed by atoms with Crippen LogP contribution in [0.4, 0.5) is 5.69 Å². The number of nitro benzene ring substituents is 1. The Morgan fingerprint density at radius 1 is 1.47 bits per heavy atom. The highest BCUT2D eigenvalue weighted by atomic mass is 35.5. The van der Waals surface area contributed by atoms with Crippen LogP contribution in [0.2, 0.25) is 10.0 Å². The number of hydrogen-bond acceptors (Lipinski definition) is 3. The topological polar surface area (TPSA) is 52.4 Å². The molecule has 1 aromatic carbocycles. The molecule has 0 N–H and O–H groups in total. The van der Waals surface area contributed by atoms with Crippen LogP contribution in [0.15, 0.2) is 12.1 Å². The van der Waals surface area contributed by atoms with E-state index >= 15 is 0 Å². The molecule has 0 amide bonds. The Hall–Kier alpha value is -1.44. The maximum Gasteiger partial charge on any atom is 0.312 e. The molecule has 1 rings (SSSR count). The van der Waals surface area contributed by atoms with Crippen LogP contribution in [0.3, 0.4) is 0 Å². The number of benzene rings is 1. The van der Waals surface area contributed by atoms with Gasteiger partial charge in [0.1, 0.15) is 6.61 Å². The SMILES string of the molecule is C#CCOc1cc(Cl)c(Cl)cc1[N+](=O)[O-]. The highest BCUT2D eigenvalue weighted by Gasteiger charge is 2.17. The third-order valence-corrected chi connectivity index (χ3v) is 2.23. The Morgan fingerprint density at radius 2 is 2.07 bits per heavy atom. The molecule has 4 nitrogen and oxygen atoms in total. The van der Waals surface area contributed by atoms with E-state index in [0.717, 1.165) is 6.07 Å². The highest BCUT2D eigenvalue weighted by Crippen LogP contribution is 2.35. The zero-order valence-corrected chi connectivity index (χ0v) is 8.88. The summed E-state index contributed by atoms with van der Waals surface area (Å²) in [5.74, 6) is 2.20. The normalized spacial score (nSPS) is 9.40. The maximum atomic E-state index is 10.6. The molecule has 0 bridgehead atoms. The van der Waals surface area contributed by atoms with Crippen molar-refractivity contribution >= 4 is 28.9 Å². The molecule has 6 heteroatoms. The first-order valence-electron chi connectivity index (χ1n) is 3.76. The molecule has 0 fully saturated rings. The molecule has 0 saturated heterocycles. The summed E-state index contributed by atoms with van der Waals surface area (Å²) >= 11 is 11.3. The van der Waals surface area contributed by atoms with Gasteiger partial charge in [-0.1, -0.05) is 29.1 Å². The van der Waals surface area contributed by atoms with Crippen molar-refractivity contribution in [3.63, 3.8) is 0 Å². The van der Waals surface area contributed by atoms with Crippen LogP contribution < -0.4 is 4.74 Å². The summed E-state index contributed by atoms with van der Waals surface area (Å²) in [5, 5.41) is 10.9. The van der Waals surface area contributed by atoms with Gasteiger partial charge in [-0.3, -0.25) is 10.1 Å². The van der Waals surface area contributed by atoms with Crippen molar-refractivity contribution in [3.05, 3.63) is 32.3 Å². The van der Waals surface area contributed by atoms with Crippen molar-refractivity contribution in [2.45, 2.75) is 0 Å². The maximum absolute atomic E-state index is 10.6. The minimum atomic E-state index is -0.617.